The van der Waals surface area contributed by atoms with Crippen LogP contribution in [0.25, 0.3) is 0 Å². The van der Waals surface area contributed by atoms with Gasteiger partial charge in [0.25, 0.3) is 5.91 Å². The van der Waals surface area contributed by atoms with Crippen LogP contribution in [0.15, 0.2) is 12.7 Å². The summed E-state index contributed by atoms with van der Waals surface area (Å²) in [6.45, 7) is 17.3. The lowest BCUT2D eigenvalue weighted by molar-refractivity contribution is -0.145. The monoisotopic (exact) mass is 664 g/mol. The van der Waals surface area contributed by atoms with Crippen molar-refractivity contribution in [2.45, 2.75) is 104 Å². The number of urea groups is 1. The van der Waals surface area contributed by atoms with Crippen LogP contribution in [0.1, 0.15) is 74.1 Å². The molecule has 5 amide bonds. The van der Waals surface area contributed by atoms with Crippen LogP contribution in [-0.4, -0.2) is 91.9 Å². The molecule has 0 bridgehead atoms. The average molecular weight is 665 g/mol. The Labute approximate surface area is 272 Å². The highest BCUT2D eigenvalue weighted by atomic mass is 32.2. The average Bonchev–Trinajstić information content (AvgIpc) is 3.89. The van der Waals surface area contributed by atoms with Crippen molar-refractivity contribution in [3.8, 4) is 0 Å². The van der Waals surface area contributed by atoms with Crippen molar-refractivity contribution in [1.29, 1.82) is 0 Å². The van der Waals surface area contributed by atoms with Gasteiger partial charge in [-0.25, -0.2) is 17.9 Å². The maximum atomic E-state index is 14.2. The fourth-order valence-corrected chi connectivity index (χ4v) is 7.99. The third-order valence-electron chi connectivity index (χ3n) is 10.0. The summed E-state index contributed by atoms with van der Waals surface area (Å²) in [6, 6.07) is -4.00. The topological polar surface area (TPSA) is 183 Å². The van der Waals surface area contributed by atoms with Gasteiger partial charge < -0.3 is 26.2 Å². The molecule has 0 aromatic heterocycles. The van der Waals surface area contributed by atoms with Crippen LogP contribution in [0.3, 0.4) is 0 Å². The van der Waals surface area contributed by atoms with Crippen molar-refractivity contribution in [1.82, 2.24) is 30.9 Å². The first-order valence-corrected chi connectivity index (χ1v) is 17.9. The fourth-order valence-electron chi connectivity index (χ4n) is 6.58. The summed E-state index contributed by atoms with van der Waals surface area (Å²) in [5.41, 5.74) is -0.937. The number of rotatable bonds is 15. The van der Waals surface area contributed by atoms with E-state index in [1.54, 1.807) is 0 Å². The maximum absolute atomic E-state index is 14.2. The highest BCUT2D eigenvalue weighted by molar-refractivity contribution is 7.90. The quantitative estimate of drug-likeness (QED) is 0.128. The van der Waals surface area contributed by atoms with Crippen LogP contribution < -0.4 is 26.0 Å². The third kappa shape index (κ3) is 7.92. The Morgan fingerprint density at radius 2 is 1.63 bits per heavy atom. The Bertz CT molecular complexity index is 1350. The Balaban J connectivity index is 1.48. The summed E-state index contributed by atoms with van der Waals surface area (Å²) in [7, 11) is -3.44. The molecular weight excluding hydrogens is 612 g/mol. The van der Waals surface area contributed by atoms with E-state index in [0.29, 0.717) is 32.2 Å². The first-order valence-electron chi connectivity index (χ1n) is 16.4. The highest BCUT2D eigenvalue weighted by Crippen LogP contribution is 2.65. The molecular formula is C32H52N6O7S. The maximum Gasteiger partial charge on any atom is 0.315 e. The minimum atomic E-state index is -3.44. The van der Waals surface area contributed by atoms with Gasteiger partial charge in [0.15, 0.2) is 0 Å². The predicted octanol–water partition coefficient (Wildman–Crippen LogP) is 1.06. The van der Waals surface area contributed by atoms with E-state index in [1.165, 1.54) is 11.0 Å². The number of ketones is 1. The molecule has 0 radical (unpaired) electrons. The molecule has 1 heterocycles. The molecule has 0 spiro atoms. The van der Waals surface area contributed by atoms with Gasteiger partial charge in [0.1, 0.15) is 18.1 Å². The molecule has 3 aliphatic carbocycles. The number of nitrogens with zero attached hydrogens (tertiary/aromatic N) is 1. The van der Waals surface area contributed by atoms with Crippen molar-refractivity contribution < 1.29 is 32.4 Å². The number of carbonyl (C=O) groups excluding carboxylic acids is 5. The highest BCUT2D eigenvalue weighted by Gasteiger charge is 2.70. The van der Waals surface area contributed by atoms with Crippen molar-refractivity contribution in [3.63, 3.8) is 0 Å². The molecule has 3 saturated carbocycles. The van der Waals surface area contributed by atoms with Gasteiger partial charge in [-0.1, -0.05) is 54.5 Å². The largest absolute Gasteiger partial charge is 0.346 e. The van der Waals surface area contributed by atoms with Crippen molar-refractivity contribution >= 4 is 39.6 Å². The number of fused-ring (bicyclic) bond motifs is 1. The number of nitrogens with one attached hydrogen (secondary N) is 5. The van der Waals surface area contributed by atoms with E-state index < -0.39 is 69.1 Å². The number of likely N-dealkylation sites (tertiary alicyclic amines) is 1. The van der Waals surface area contributed by atoms with Gasteiger partial charge in [-0.2, -0.15) is 0 Å². The van der Waals surface area contributed by atoms with Gasteiger partial charge in [0.05, 0.1) is 5.25 Å². The summed E-state index contributed by atoms with van der Waals surface area (Å²) < 4.78 is 27.3. The van der Waals surface area contributed by atoms with Gasteiger partial charge in [-0.3, -0.25) is 19.2 Å². The molecule has 4 rings (SSSR count). The Morgan fingerprint density at radius 1 is 1.00 bits per heavy atom. The van der Waals surface area contributed by atoms with E-state index in [4.69, 9.17) is 0 Å². The summed E-state index contributed by atoms with van der Waals surface area (Å²) in [6.07, 6.45) is 4.14. The van der Waals surface area contributed by atoms with Crippen molar-refractivity contribution in [3.05, 3.63) is 12.7 Å². The molecule has 4 aliphatic rings. The normalized spacial score (nSPS) is 25.5. The van der Waals surface area contributed by atoms with E-state index >= 15 is 0 Å². The molecule has 5 N–H and O–H groups in total. The van der Waals surface area contributed by atoms with Crippen LogP contribution in [0.5, 0.6) is 0 Å². The zero-order valence-corrected chi connectivity index (χ0v) is 29.0. The fraction of sp³-hybridized carbons (Fsp3) is 0.781. The van der Waals surface area contributed by atoms with Gasteiger partial charge in [0, 0.05) is 25.7 Å². The van der Waals surface area contributed by atoms with Crippen LogP contribution in [0, 0.1) is 34.5 Å². The Kier molecular flexibility index (Phi) is 10.3. The second kappa shape index (κ2) is 13.2. The first kappa shape index (κ1) is 35.8. The molecule has 1 saturated heterocycles. The lowest BCUT2D eigenvalue weighted by atomic mass is 9.85. The molecule has 1 unspecified atom stereocenters. The van der Waals surface area contributed by atoms with Crippen LogP contribution in [0.2, 0.25) is 0 Å². The van der Waals surface area contributed by atoms with Gasteiger partial charge in [0.2, 0.25) is 27.6 Å². The molecule has 6 atom stereocenters. The smallest absolute Gasteiger partial charge is 0.315 e. The van der Waals surface area contributed by atoms with Gasteiger partial charge in [-0.05, 0) is 60.2 Å². The second-order valence-corrected chi connectivity index (χ2v) is 17.5. The Hall–Kier alpha value is -3.00. The van der Waals surface area contributed by atoms with E-state index in [-0.39, 0.29) is 47.4 Å². The zero-order valence-electron chi connectivity index (χ0n) is 28.1. The predicted molar refractivity (Wildman–Crippen MR) is 173 cm³/mol. The minimum Gasteiger partial charge on any atom is -0.346 e. The standard InChI is InChI=1S/C32H52N6O7S/c1-9-14-33-28(41)25(39)23(18-10-11-18)36-27(40)24-22-20(32(22,7)8)16-38(24)29(42)26(31(4,5)6)37-30(43)35-21(17(2)3)15-34-46(44,45)19-12-13-19/h9,17-24,26,34H,1,10-16H2,2-8H3,(H,33,41)(H,36,40)(H2,35,37,43)/t20-,21+,22-,23?,24-,26+/m0/s1. The number of Topliss-reactive ketones (excluding diaryl/α,β-unsaturated/α-hetero) is 1. The molecule has 0 aromatic rings. The minimum absolute atomic E-state index is 0.0252. The molecule has 0 aromatic carbocycles. The molecule has 4 fully saturated rings. The Morgan fingerprint density at radius 3 is 2.15 bits per heavy atom. The van der Waals surface area contributed by atoms with Gasteiger partial charge >= 0.3 is 6.03 Å². The van der Waals surface area contributed by atoms with Crippen LogP contribution in [0.4, 0.5) is 4.79 Å². The lowest BCUT2D eigenvalue weighted by Crippen LogP contribution is -2.62. The molecule has 14 heteroatoms. The molecule has 46 heavy (non-hydrogen) atoms. The lowest BCUT2D eigenvalue weighted by Gasteiger charge is -2.38. The van der Waals surface area contributed by atoms with Gasteiger partial charge in [-0.15, -0.1) is 6.58 Å². The molecule has 258 valence electrons. The number of hydrogen-bond donors (Lipinski definition) is 5. The van der Waals surface area contributed by atoms with Crippen molar-refractivity contribution in [2.24, 2.45) is 34.5 Å². The number of hydrogen-bond acceptors (Lipinski definition) is 7. The van der Waals surface area contributed by atoms with E-state index in [9.17, 15) is 32.4 Å². The summed E-state index contributed by atoms with van der Waals surface area (Å²) in [5, 5.41) is 10.6. The van der Waals surface area contributed by atoms with Crippen LogP contribution >= 0.6 is 0 Å². The van der Waals surface area contributed by atoms with E-state index in [2.05, 4.69) is 32.6 Å². The molecule has 1 aliphatic heterocycles. The van der Waals surface area contributed by atoms with Crippen LogP contribution in [-0.2, 0) is 29.2 Å². The van der Waals surface area contributed by atoms with E-state index in [0.717, 1.165) is 0 Å². The number of piperidine rings is 1. The number of carbonyl (C=O) groups is 5. The molecule has 13 nitrogen and oxygen atoms in total. The number of sulfonamides is 1. The van der Waals surface area contributed by atoms with E-state index in [1.807, 2.05) is 48.5 Å². The third-order valence-corrected chi connectivity index (χ3v) is 12.0. The van der Waals surface area contributed by atoms with Crippen molar-refractivity contribution in [2.75, 3.05) is 19.6 Å². The number of amides is 5. The second-order valence-electron chi connectivity index (χ2n) is 15.4. The summed E-state index contributed by atoms with van der Waals surface area (Å²) in [4.78, 5) is 68.5. The summed E-state index contributed by atoms with van der Waals surface area (Å²) in [5.74, 6) is -2.72. The summed E-state index contributed by atoms with van der Waals surface area (Å²) >= 11 is 0. The first-order chi connectivity index (χ1) is 21.3. The zero-order chi connectivity index (χ0) is 34.4. The SMILES string of the molecule is C=CCNC(=O)C(=O)C(NC(=O)[C@@H]1[C@@H]2[C@H](CN1C(=O)[C@@H](NC(=O)N[C@H](CNS(=O)(=O)C1CC1)C(C)C)C(C)(C)C)C2(C)C)C1CC1.